The summed E-state index contributed by atoms with van der Waals surface area (Å²) < 4.78 is 5.46. The predicted octanol–water partition coefficient (Wildman–Crippen LogP) is 1.81. The van der Waals surface area contributed by atoms with Crippen LogP contribution in [0, 0.1) is 10.1 Å². The van der Waals surface area contributed by atoms with E-state index in [9.17, 15) is 14.9 Å². The first-order valence-corrected chi connectivity index (χ1v) is 6.33. The number of hydrogen-bond donors (Lipinski definition) is 1. The number of fused-ring (bicyclic) bond motifs is 1. The molecule has 0 saturated carbocycles. The van der Waals surface area contributed by atoms with Crippen LogP contribution in [0.25, 0.3) is 10.9 Å². The van der Waals surface area contributed by atoms with Gasteiger partial charge in [0.2, 0.25) is 0 Å². The third-order valence-electron chi connectivity index (χ3n) is 2.98. The zero-order valence-electron chi connectivity index (χ0n) is 11.2. The maximum Gasteiger partial charge on any atom is 0.269 e. The van der Waals surface area contributed by atoms with Gasteiger partial charge >= 0.3 is 0 Å². The van der Waals surface area contributed by atoms with Gasteiger partial charge in [0.25, 0.3) is 11.2 Å². The highest BCUT2D eigenvalue weighted by molar-refractivity contribution is 5.75. The molecule has 0 radical (unpaired) electrons. The fraction of sp³-hybridized carbons (Fsp3) is 0.0714. The molecule has 0 unspecified atom stereocenters. The zero-order valence-corrected chi connectivity index (χ0v) is 11.2. The van der Waals surface area contributed by atoms with Crippen molar-refractivity contribution in [2.45, 2.75) is 6.61 Å². The molecule has 2 heterocycles. The standard InChI is InChI=1S/C14H10N4O4/c19-14-11-5-6-15-7-12(11)16-13(17-14)8-22-10-3-1-9(2-4-10)18(20)21/h1-7H,8H2,(H,16,17,19). The van der Waals surface area contributed by atoms with E-state index in [4.69, 9.17) is 4.74 Å². The van der Waals surface area contributed by atoms with Crippen LogP contribution in [-0.2, 0) is 6.61 Å². The van der Waals surface area contributed by atoms with Crippen LogP contribution in [0.4, 0.5) is 5.69 Å². The molecular weight excluding hydrogens is 288 g/mol. The Labute approximate surface area is 123 Å². The second-order valence-corrected chi connectivity index (χ2v) is 4.45. The molecular formula is C14H10N4O4. The summed E-state index contributed by atoms with van der Waals surface area (Å²) in [6, 6.07) is 7.24. The van der Waals surface area contributed by atoms with E-state index in [0.717, 1.165) is 0 Å². The van der Waals surface area contributed by atoms with E-state index in [0.29, 0.717) is 22.5 Å². The number of aromatic amines is 1. The zero-order chi connectivity index (χ0) is 15.5. The minimum atomic E-state index is -0.487. The number of nitrogens with zero attached hydrogens (tertiary/aromatic N) is 3. The smallest absolute Gasteiger partial charge is 0.269 e. The highest BCUT2D eigenvalue weighted by Crippen LogP contribution is 2.18. The number of aromatic nitrogens is 3. The summed E-state index contributed by atoms with van der Waals surface area (Å²) in [5, 5.41) is 11.0. The van der Waals surface area contributed by atoms with E-state index in [2.05, 4.69) is 15.0 Å². The minimum absolute atomic E-state index is 0.0179. The molecule has 0 aliphatic heterocycles. The minimum Gasteiger partial charge on any atom is -0.486 e. The number of rotatable bonds is 4. The summed E-state index contributed by atoms with van der Waals surface area (Å²) in [7, 11) is 0. The molecule has 110 valence electrons. The van der Waals surface area contributed by atoms with Crippen molar-refractivity contribution in [1.29, 1.82) is 0 Å². The first kappa shape index (κ1) is 13.7. The number of pyridine rings is 1. The Kier molecular flexibility index (Phi) is 3.48. The Hall–Kier alpha value is -3.29. The number of nitro groups is 1. The quantitative estimate of drug-likeness (QED) is 0.580. The molecule has 3 rings (SSSR count). The SMILES string of the molecule is O=c1[nH]c(COc2ccc([N+](=O)[O-])cc2)nc2cnccc12. The van der Waals surface area contributed by atoms with Gasteiger partial charge in [0.15, 0.2) is 0 Å². The Balaban J connectivity index is 1.79. The lowest BCUT2D eigenvalue weighted by molar-refractivity contribution is -0.384. The van der Waals surface area contributed by atoms with E-state index < -0.39 is 4.92 Å². The molecule has 1 N–H and O–H groups in total. The number of non-ortho nitro benzene ring substituents is 1. The van der Waals surface area contributed by atoms with Gasteiger partial charge in [-0.05, 0) is 18.2 Å². The Morgan fingerprint density at radius 1 is 1.23 bits per heavy atom. The number of H-pyrrole nitrogens is 1. The lowest BCUT2D eigenvalue weighted by atomic mass is 10.3. The molecule has 0 atom stereocenters. The number of hydrogen-bond acceptors (Lipinski definition) is 6. The number of nitro benzene ring substituents is 1. The predicted molar refractivity (Wildman–Crippen MR) is 77.6 cm³/mol. The number of ether oxygens (including phenoxy) is 1. The van der Waals surface area contributed by atoms with Gasteiger partial charge in [-0.25, -0.2) is 4.98 Å². The fourth-order valence-corrected chi connectivity index (χ4v) is 1.92. The number of nitrogens with one attached hydrogen (secondary N) is 1. The lowest BCUT2D eigenvalue weighted by Crippen LogP contribution is -2.13. The summed E-state index contributed by atoms with van der Waals surface area (Å²) in [6.45, 7) is 0.0396. The molecule has 0 bridgehead atoms. The molecule has 0 saturated heterocycles. The van der Waals surface area contributed by atoms with Gasteiger partial charge in [-0.1, -0.05) is 0 Å². The first-order chi connectivity index (χ1) is 10.6. The van der Waals surface area contributed by atoms with Gasteiger partial charge in [-0.3, -0.25) is 19.9 Å². The van der Waals surface area contributed by atoms with E-state index in [1.807, 2.05) is 0 Å². The van der Waals surface area contributed by atoms with Gasteiger partial charge < -0.3 is 9.72 Å². The molecule has 2 aromatic heterocycles. The molecule has 8 nitrogen and oxygen atoms in total. The van der Waals surface area contributed by atoms with Crippen molar-refractivity contribution >= 4 is 16.6 Å². The first-order valence-electron chi connectivity index (χ1n) is 6.33. The third-order valence-corrected chi connectivity index (χ3v) is 2.98. The van der Waals surface area contributed by atoms with E-state index in [-0.39, 0.29) is 17.9 Å². The summed E-state index contributed by atoms with van der Waals surface area (Å²) in [6.07, 6.45) is 3.02. The van der Waals surface area contributed by atoms with Gasteiger partial charge in [0.05, 0.1) is 22.0 Å². The molecule has 0 aliphatic carbocycles. The monoisotopic (exact) mass is 298 g/mol. The van der Waals surface area contributed by atoms with Crippen LogP contribution >= 0.6 is 0 Å². The van der Waals surface area contributed by atoms with E-state index >= 15 is 0 Å². The van der Waals surface area contributed by atoms with E-state index in [1.54, 1.807) is 6.07 Å². The summed E-state index contributed by atoms with van der Waals surface area (Å²) >= 11 is 0. The maximum absolute atomic E-state index is 11.9. The van der Waals surface area contributed by atoms with Crippen LogP contribution in [0.3, 0.4) is 0 Å². The topological polar surface area (TPSA) is 111 Å². The molecule has 0 spiro atoms. The van der Waals surface area contributed by atoms with Crippen molar-refractivity contribution in [3.63, 3.8) is 0 Å². The molecule has 8 heteroatoms. The van der Waals surface area contributed by atoms with Crippen LogP contribution in [0.1, 0.15) is 5.82 Å². The Morgan fingerprint density at radius 3 is 2.73 bits per heavy atom. The summed E-state index contributed by atoms with van der Waals surface area (Å²) in [5.74, 6) is 0.795. The Morgan fingerprint density at radius 2 is 2.00 bits per heavy atom. The second kappa shape index (κ2) is 5.60. The fourth-order valence-electron chi connectivity index (χ4n) is 1.92. The van der Waals surface area contributed by atoms with Crippen molar-refractivity contribution in [3.05, 3.63) is 69.0 Å². The largest absolute Gasteiger partial charge is 0.486 e. The normalized spacial score (nSPS) is 10.5. The molecule has 0 aliphatic rings. The Bertz CT molecular complexity index is 889. The molecule has 3 aromatic rings. The highest BCUT2D eigenvalue weighted by atomic mass is 16.6. The van der Waals surface area contributed by atoms with Gasteiger partial charge in [-0.2, -0.15) is 0 Å². The highest BCUT2D eigenvalue weighted by Gasteiger charge is 2.06. The van der Waals surface area contributed by atoms with Gasteiger partial charge in [-0.15, -0.1) is 0 Å². The molecule has 22 heavy (non-hydrogen) atoms. The molecule has 1 aromatic carbocycles. The lowest BCUT2D eigenvalue weighted by Gasteiger charge is -2.06. The van der Waals surface area contributed by atoms with Crippen LogP contribution in [-0.4, -0.2) is 19.9 Å². The van der Waals surface area contributed by atoms with Gasteiger partial charge in [0.1, 0.15) is 18.2 Å². The average molecular weight is 298 g/mol. The van der Waals surface area contributed by atoms with E-state index in [1.165, 1.54) is 36.7 Å². The van der Waals surface area contributed by atoms with Gasteiger partial charge in [0, 0.05) is 18.3 Å². The van der Waals surface area contributed by atoms with Crippen molar-refractivity contribution in [2.75, 3.05) is 0 Å². The van der Waals surface area contributed by atoms with Crippen molar-refractivity contribution < 1.29 is 9.66 Å². The maximum atomic E-state index is 11.9. The summed E-state index contributed by atoms with van der Waals surface area (Å²) in [4.78, 5) is 32.7. The summed E-state index contributed by atoms with van der Waals surface area (Å²) in [5.41, 5.74) is 0.193. The second-order valence-electron chi connectivity index (χ2n) is 4.45. The van der Waals surface area contributed by atoms with Crippen LogP contribution in [0.2, 0.25) is 0 Å². The van der Waals surface area contributed by atoms with Crippen molar-refractivity contribution in [3.8, 4) is 5.75 Å². The third kappa shape index (κ3) is 2.75. The van der Waals surface area contributed by atoms with Crippen molar-refractivity contribution in [2.24, 2.45) is 0 Å². The molecule has 0 amide bonds. The average Bonchev–Trinajstić information content (AvgIpc) is 2.53. The number of benzene rings is 1. The van der Waals surface area contributed by atoms with Crippen LogP contribution in [0.5, 0.6) is 5.75 Å². The van der Waals surface area contributed by atoms with Crippen LogP contribution in [0.15, 0.2) is 47.5 Å². The van der Waals surface area contributed by atoms with Crippen LogP contribution < -0.4 is 10.3 Å². The molecule has 0 fully saturated rings. The van der Waals surface area contributed by atoms with Crippen molar-refractivity contribution in [1.82, 2.24) is 15.0 Å².